The number of aromatic hydroxyl groups is 1. The summed E-state index contributed by atoms with van der Waals surface area (Å²) in [5.41, 5.74) is 0.0491. The van der Waals surface area contributed by atoms with Crippen molar-refractivity contribution in [2.24, 2.45) is 0 Å². The Labute approximate surface area is 165 Å². The van der Waals surface area contributed by atoms with Crippen LogP contribution in [0.4, 0.5) is 0 Å². The maximum absolute atomic E-state index is 12.2. The molecule has 0 aliphatic carbocycles. The van der Waals surface area contributed by atoms with Crippen LogP contribution in [0.2, 0.25) is 0 Å². The summed E-state index contributed by atoms with van der Waals surface area (Å²) in [6.07, 6.45) is 0. The molecule has 3 rings (SSSR count). The fourth-order valence-corrected chi connectivity index (χ4v) is 4.18. The van der Waals surface area contributed by atoms with Crippen molar-refractivity contribution in [1.29, 1.82) is 0 Å². The first-order valence-corrected chi connectivity index (χ1v) is 10.4. The fraction of sp³-hybridized carbons (Fsp3) is 0.200. The summed E-state index contributed by atoms with van der Waals surface area (Å²) in [4.78, 5) is 25.3. The lowest BCUT2D eigenvalue weighted by Crippen LogP contribution is -2.30. The number of carbonyl (C=O) groups is 2. The molecule has 0 atom stereocenters. The van der Waals surface area contributed by atoms with Crippen LogP contribution in [0.15, 0.2) is 53.9 Å². The maximum Gasteiger partial charge on any atom is 0.342 e. The maximum atomic E-state index is 12.2. The SMILES string of the molecule is O=C(COC(=O)c1cc2ccccc2cc1O)NCCSCc1cccs1. The zero-order valence-corrected chi connectivity index (χ0v) is 16.1. The summed E-state index contributed by atoms with van der Waals surface area (Å²) >= 11 is 3.44. The number of thiophene rings is 1. The highest BCUT2D eigenvalue weighted by molar-refractivity contribution is 7.98. The molecule has 5 nitrogen and oxygen atoms in total. The van der Waals surface area contributed by atoms with Gasteiger partial charge in [0.2, 0.25) is 0 Å². The molecule has 0 aliphatic rings. The molecule has 2 aromatic carbocycles. The number of benzene rings is 2. The topological polar surface area (TPSA) is 75.6 Å². The zero-order chi connectivity index (χ0) is 19.1. The van der Waals surface area contributed by atoms with Crippen molar-refractivity contribution in [3.05, 3.63) is 64.4 Å². The van der Waals surface area contributed by atoms with E-state index in [0.717, 1.165) is 22.3 Å². The number of ether oxygens (including phenoxy) is 1. The number of rotatable bonds is 8. The van der Waals surface area contributed by atoms with Gasteiger partial charge in [-0.2, -0.15) is 11.8 Å². The standard InChI is InChI=1S/C20H19NO4S2/c22-18-11-15-5-2-1-4-14(15)10-17(18)20(24)25-12-19(23)21-7-9-26-13-16-6-3-8-27-16/h1-6,8,10-11,22H,7,9,12-13H2,(H,21,23). The molecule has 1 heterocycles. The minimum Gasteiger partial charge on any atom is -0.507 e. The Morgan fingerprint density at radius 3 is 2.63 bits per heavy atom. The van der Waals surface area contributed by atoms with Gasteiger partial charge in [0.15, 0.2) is 6.61 Å². The van der Waals surface area contributed by atoms with Gasteiger partial charge >= 0.3 is 5.97 Å². The van der Waals surface area contributed by atoms with E-state index in [1.165, 1.54) is 10.9 Å². The highest BCUT2D eigenvalue weighted by Gasteiger charge is 2.15. The average molecular weight is 402 g/mol. The van der Waals surface area contributed by atoms with Crippen LogP contribution in [0.5, 0.6) is 5.75 Å². The normalized spacial score (nSPS) is 10.7. The Morgan fingerprint density at radius 1 is 1.11 bits per heavy atom. The second-order valence-corrected chi connectivity index (χ2v) is 7.91. The zero-order valence-electron chi connectivity index (χ0n) is 14.5. The molecule has 0 saturated carbocycles. The van der Waals surface area contributed by atoms with Crippen molar-refractivity contribution in [2.45, 2.75) is 5.75 Å². The molecule has 2 N–H and O–H groups in total. The Bertz CT molecular complexity index is 925. The number of phenols is 1. The third kappa shape index (κ3) is 5.48. The van der Waals surface area contributed by atoms with E-state index in [4.69, 9.17) is 4.74 Å². The highest BCUT2D eigenvalue weighted by Crippen LogP contribution is 2.25. The first-order chi connectivity index (χ1) is 13.1. The molecule has 140 valence electrons. The number of esters is 1. The summed E-state index contributed by atoms with van der Waals surface area (Å²) in [7, 11) is 0. The van der Waals surface area contributed by atoms with Gasteiger partial charge in [-0.1, -0.05) is 30.3 Å². The number of hydrogen-bond donors (Lipinski definition) is 2. The number of hydrogen-bond acceptors (Lipinski definition) is 6. The summed E-state index contributed by atoms with van der Waals surface area (Å²) in [5, 5.41) is 16.4. The van der Waals surface area contributed by atoms with Gasteiger partial charge in [0.1, 0.15) is 11.3 Å². The van der Waals surface area contributed by atoms with Crippen LogP contribution < -0.4 is 5.32 Å². The van der Waals surface area contributed by atoms with E-state index in [2.05, 4.69) is 11.4 Å². The Kier molecular flexibility index (Phi) is 6.73. The van der Waals surface area contributed by atoms with Gasteiger partial charge in [-0.05, 0) is 34.4 Å². The molecule has 0 saturated heterocycles. The molecule has 0 bridgehead atoms. The molecular weight excluding hydrogens is 382 g/mol. The van der Waals surface area contributed by atoms with E-state index in [1.807, 2.05) is 35.7 Å². The van der Waals surface area contributed by atoms with Gasteiger partial charge in [0.05, 0.1) is 0 Å². The van der Waals surface area contributed by atoms with Crippen molar-refractivity contribution in [3.8, 4) is 5.75 Å². The van der Waals surface area contributed by atoms with Crippen LogP contribution in [0.1, 0.15) is 15.2 Å². The van der Waals surface area contributed by atoms with Gasteiger partial charge in [-0.15, -0.1) is 11.3 Å². The second kappa shape index (κ2) is 9.43. The van der Waals surface area contributed by atoms with E-state index in [0.29, 0.717) is 6.54 Å². The van der Waals surface area contributed by atoms with Crippen LogP contribution in [-0.4, -0.2) is 35.9 Å². The molecule has 0 aliphatic heterocycles. The number of nitrogens with one attached hydrogen (secondary N) is 1. The van der Waals surface area contributed by atoms with Gasteiger partial charge in [-0.25, -0.2) is 4.79 Å². The lowest BCUT2D eigenvalue weighted by Gasteiger charge is -2.08. The van der Waals surface area contributed by atoms with Crippen molar-refractivity contribution in [2.75, 3.05) is 18.9 Å². The van der Waals surface area contributed by atoms with E-state index in [1.54, 1.807) is 29.2 Å². The van der Waals surface area contributed by atoms with E-state index in [-0.39, 0.29) is 23.8 Å². The van der Waals surface area contributed by atoms with Gasteiger partial charge in [0, 0.05) is 22.9 Å². The van der Waals surface area contributed by atoms with E-state index >= 15 is 0 Å². The van der Waals surface area contributed by atoms with Crippen LogP contribution in [0, 0.1) is 0 Å². The third-order valence-electron chi connectivity index (χ3n) is 3.81. The summed E-state index contributed by atoms with van der Waals surface area (Å²) in [6.45, 7) is 0.133. The Morgan fingerprint density at radius 2 is 1.89 bits per heavy atom. The molecule has 0 radical (unpaired) electrons. The van der Waals surface area contributed by atoms with Crippen LogP contribution in [-0.2, 0) is 15.3 Å². The smallest absolute Gasteiger partial charge is 0.342 e. The molecule has 27 heavy (non-hydrogen) atoms. The number of carbonyl (C=O) groups excluding carboxylic acids is 2. The monoisotopic (exact) mass is 401 g/mol. The predicted octanol–water partition coefficient (Wildman–Crippen LogP) is 3.81. The Hall–Kier alpha value is -2.51. The van der Waals surface area contributed by atoms with Gasteiger partial charge in [-0.3, -0.25) is 4.79 Å². The molecule has 0 unspecified atom stereocenters. The molecule has 0 fully saturated rings. The van der Waals surface area contributed by atoms with Crippen LogP contribution >= 0.6 is 23.1 Å². The van der Waals surface area contributed by atoms with E-state index in [9.17, 15) is 14.7 Å². The van der Waals surface area contributed by atoms with Crippen molar-refractivity contribution >= 4 is 45.7 Å². The quantitative estimate of drug-likeness (QED) is 0.443. The number of fused-ring (bicyclic) bond motifs is 1. The van der Waals surface area contributed by atoms with Crippen LogP contribution in [0.25, 0.3) is 10.8 Å². The molecular formula is C20H19NO4S2. The lowest BCUT2D eigenvalue weighted by atomic mass is 10.1. The molecule has 1 aromatic heterocycles. The Balaban J connectivity index is 1.42. The minimum atomic E-state index is -0.722. The second-order valence-electron chi connectivity index (χ2n) is 5.77. The first kappa shape index (κ1) is 19.3. The van der Waals surface area contributed by atoms with Gasteiger partial charge < -0.3 is 15.2 Å². The average Bonchev–Trinajstić information content (AvgIpc) is 3.18. The summed E-state index contributed by atoms with van der Waals surface area (Å²) in [6, 6.07) is 14.5. The van der Waals surface area contributed by atoms with E-state index < -0.39 is 5.97 Å². The van der Waals surface area contributed by atoms with Crippen LogP contribution in [0.3, 0.4) is 0 Å². The lowest BCUT2D eigenvalue weighted by molar-refractivity contribution is -0.124. The fourth-order valence-electron chi connectivity index (χ4n) is 2.48. The van der Waals surface area contributed by atoms with Crippen molar-refractivity contribution in [1.82, 2.24) is 5.32 Å². The van der Waals surface area contributed by atoms with Crippen molar-refractivity contribution < 1.29 is 19.4 Å². The van der Waals surface area contributed by atoms with Gasteiger partial charge in [0.25, 0.3) is 5.91 Å². The summed E-state index contributed by atoms with van der Waals surface area (Å²) < 4.78 is 5.02. The summed E-state index contributed by atoms with van der Waals surface area (Å²) in [5.74, 6) is 0.456. The number of amides is 1. The minimum absolute atomic E-state index is 0.0491. The van der Waals surface area contributed by atoms with Crippen molar-refractivity contribution in [3.63, 3.8) is 0 Å². The number of phenolic OH excluding ortho intramolecular Hbond substituents is 1. The number of thioether (sulfide) groups is 1. The molecule has 1 amide bonds. The largest absolute Gasteiger partial charge is 0.507 e. The predicted molar refractivity (Wildman–Crippen MR) is 109 cm³/mol. The first-order valence-electron chi connectivity index (χ1n) is 8.39. The third-order valence-corrected chi connectivity index (χ3v) is 5.88. The molecule has 7 heteroatoms. The highest BCUT2D eigenvalue weighted by atomic mass is 32.2. The molecule has 0 spiro atoms. The molecule has 3 aromatic rings.